The molecule has 0 fully saturated rings. The summed E-state index contributed by atoms with van der Waals surface area (Å²) in [7, 11) is -1.30. The lowest BCUT2D eigenvalue weighted by Crippen LogP contribution is -2.67. The summed E-state index contributed by atoms with van der Waals surface area (Å²) in [4.78, 5) is 20.7. The van der Waals surface area contributed by atoms with E-state index in [1.54, 1.807) is 13.1 Å². The number of aromatic nitrogens is 2. The van der Waals surface area contributed by atoms with Gasteiger partial charge >= 0.3 is 5.69 Å². The van der Waals surface area contributed by atoms with Gasteiger partial charge in [-0.25, -0.2) is 4.79 Å². The van der Waals surface area contributed by atoms with Gasteiger partial charge < -0.3 is 24.7 Å². The van der Waals surface area contributed by atoms with Crippen LogP contribution in [0.1, 0.15) is 40.8 Å². The van der Waals surface area contributed by atoms with Crippen molar-refractivity contribution in [3.8, 4) is 0 Å². The summed E-state index contributed by atoms with van der Waals surface area (Å²) < 4.78 is 14.3. The van der Waals surface area contributed by atoms with Crippen LogP contribution in [0.25, 0.3) is 0 Å². The molecule has 1 unspecified atom stereocenters. The van der Waals surface area contributed by atoms with Crippen LogP contribution < -0.4 is 21.4 Å². The van der Waals surface area contributed by atoms with E-state index >= 15 is 0 Å². The van der Waals surface area contributed by atoms with Crippen molar-refractivity contribution in [2.45, 2.75) is 57.6 Å². The highest BCUT2D eigenvalue weighted by Gasteiger charge is 2.50. The number of nitrogens with one attached hydrogen (secondary N) is 1. The summed E-state index contributed by atoms with van der Waals surface area (Å²) in [5, 5.41) is 26.0. The number of aliphatic hydroxyl groups is 2. The minimum atomic E-state index is -2.89. The zero-order valence-electron chi connectivity index (χ0n) is 23.5. The van der Waals surface area contributed by atoms with Crippen molar-refractivity contribution in [2.75, 3.05) is 25.6 Å². The number of ether oxygens (including phenoxy) is 1. The molecule has 0 aliphatic heterocycles. The van der Waals surface area contributed by atoms with Crippen molar-refractivity contribution >= 4 is 30.8 Å². The molecule has 1 aromatic heterocycles. The van der Waals surface area contributed by atoms with E-state index in [-0.39, 0.29) is 18.3 Å². The first kappa shape index (κ1) is 30.4. The third-order valence-corrected chi connectivity index (χ3v) is 11.5. The summed E-state index contributed by atoms with van der Waals surface area (Å²) in [6.45, 7) is 9.24. The normalized spacial score (nSPS) is 14.4. The van der Waals surface area contributed by atoms with Gasteiger partial charge in [0.15, 0.2) is 6.23 Å². The van der Waals surface area contributed by atoms with E-state index in [4.69, 9.17) is 9.16 Å². The van der Waals surface area contributed by atoms with Crippen LogP contribution in [0.2, 0.25) is 5.04 Å². The van der Waals surface area contributed by atoms with E-state index < -0.39 is 31.9 Å². The van der Waals surface area contributed by atoms with E-state index in [0.29, 0.717) is 5.82 Å². The molecule has 210 valence electrons. The third-order valence-electron chi connectivity index (χ3n) is 6.46. The van der Waals surface area contributed by atoms with E-state index in [2.05, 4.69) is 60.3 Å². The second kappa shape index (κ2) is 12.8. The fourth-order valence-corrected chi connectivity index (χ4v) is 9.26. The molecule has 3 aromatic rings. The Balaban J connectivity index is 1.97. The van der Waals surface area contributed by atoms with Gasteiger partial charge in [-0.2, -0.15) is 4.98 Å². The van der Waals surface area contributed by atoms with Crippen LogP contribution in [0, 0.1) is 0 Å². The number of hydrogen-bond acceptors (Lipinski definition) is 7. The van der Waals surface area contributed by atoms with Gasteiger partial charge in [0.1, 0.15) is 17.5 Å². The highest BCUT2D eigenvalue weighted by Crippen LogP contribution is 2.37. The van der Waals surface area contributed by atoms with Crippen LogP contribution >= 0.6 is 0 Å². The molecule has 3 N–H and O–H groups in total. The summed E-state index contributed by atoms with van der Waals surface area (Å²) in [6.07, 6.45) is 0.938. The first-order valence-corrected chi connectivity index (χ1v) is 14.8. The van der Waals surface area contributed by atoms with Crippen molar-refractivity contribution in [1.29, 1.82) is 0 Å². The quantitative estimate of drug-likeness (QED) is 0.180. The van der Waals surface area contributed by atoms with Crippen LogP contribution in [0.15, 0.2) is 82.7 Å². The van der Waals surface area contributed by atoms with Crippen molar-refractivity contribution in [2.24, 2.45) is 4.99 Å². The second-order valence-electron chi connectivity index (χ2n) is 11.0. The number of benzene rings is 2. The average molecular weight is 553 g/mol. The zero-order chi connectivity index (χ0) is 28.7. The van der Waals surface area contributed by atoms with Crippen molar-refractivity contribution in [1.82, 2.24) is 9.55 Å². The molecule has 1 heterocycles. The number of nitrogens with zero attached hydrogens (tertiary/aromatic N) is 3. The van der Waals surface area contributed by atoms with Gasteiger partial charge in [0.25, 0.3) is 8.32 Å². The number of aliphatic imine (C=N–C) groups is 1. The second-order valence-corrected chi connectivity index (χ2v) is 15.3. The average Bonchev–Trinajstić information content (AvgIpc) is 2.90. The molecular formula is C29H40N4O5Si. The molecule has 0 aliphatic rings. The van der Waals surface area contributed by atoms with Gasteiger partial charge in [0, 0.05) is 13.2 Å². The molecule has 0 amide bonds. The lowest BCUT2D eigenvalue weighted by molar-refractivity contribution is -0.173. The van der Waals surface area contributed by atoms with Gasteiger partial charge in [-0.3, -0.25) is 9.56 Å². The Morgan fingerprint density at radius 2 is 1.59 bits per heavy atom. The molecule has 2 atom stereocenters. The predicted octanol–water partition coefficient (Wildman–Crippen LogP) is 2.54. The zero-order valence-corrected chi connectivity index (χ0v) is 24.5. The van der Waals surface area contributed by atoms with E-state index in [1.165, 1.54) is 30.9 Å². The van der Waals surface area contributed by atoms with Crippen LogP contribution in [0.4, 0.5) is 5.82 Å². The molecule has 0 bridgehead atoms. The SMILES string of the molecule is CN=CNc1ccn([C@@H](OC(CO)CO[Si](c2ccccc2)(c2ccccc2)C(C)(C)C)C(C)(C)O)c(=O)n1. The minimum absolute atomic E-state index is 0.0468. The summed E-state index contributed by atoms with van der Waals surface area (Å²) in [5.41, 5.74) is -2.10. The first-order valence-electron chi connectivity index (χ1n) is 12.9. The van der Waals surface area contributed by atoms with E-state index in [9.17, 15) is 15.0 Å². The van der Waals surface area contributed by atoms with Crippen molar-refractivity contribution in [3.63, 3.8) is 0 Å². The summed E-state index contributed by atoms with van der Waals surface area (Å²) in [5.74, 6) is 0.310. The fourth-order valence-electron chi connectivity index (χ4n) is 4.67. The molecule has 3 rings (SSSR count). The summed E-state index contributed by atoms with van der Waals surface area (Å²) in [6, 6.07) is 21.9. The number of rotatable bonds is 12. The Kier molecular flexibility index (Phi) is 9.97. The Morgan fingerprint density at radius 3 is 2.03 bits per heavy atom. The molecule has 0 spiro atoms. The Hall–Kier alpha value is -3.15. The van der Waals surface area contributed by atoms with Crippen molar-refractivity contribution in [3.05, 3.63) is 83.4 Å². The minimum Gasteiger partial charge on any atom is -0.405 e. The maximum absolute atomic E-state index is 12.9. The maximum atomic E-state index is 12.9. The number of anilines is 1. The predicted molar refractivity (Wildman–Crippen MR) is 157 cm³/mol. The van der Waals surface area contributed by atoms with Crippen LogP contribution in [-0.2, 0) is 9.16 Å². The van der Waals surface area contributed by atoms with Crippen LogP contribution in [-0.4, -0.2) is 66.4 Å². The molecular weight excluding hydrogens is 512 g/mol. The molecule has 10 heteroatoms. The van der Waals surface area contributed by atoms with Gasteiger partial charge in [-0.15, -0.1) is 0 Å². The lowest BCUT2D eigenvalue weighted by atomic mass is 10.1. The molecule has 39 heavy (non-hydrogen) atoms. The molecule has 9 nitrogen and oxygen atoms in total. The maximum Gasteiger partial charge on any atom is 0.351 e. The number of hydrogen-bond donors (Lipinski definition) is 3. The van der Waals surface area contributed by atoms with Gasteiger partial charge in [-0.05, 0) is 35.3 Å². The summed E-state index contributed by atoms with van der Waals surface area (Å²) >= 11 is 0. The van der Waals surface area contributed by atoms with Gasteiger partial charge in [-0.1, -0.05) is 81.4 Å². The van der Waals surface area contributed by atoms with Gasteiger partial charge in [0.05, 0.1) is 19.6 Å². The highest BCUT2D eigenvalue weighted by atomic mass is 28.4. The van der Waals surface area contributed by atoms with Crippen molar-refractivity contribution < 1.29 is 19.4 Å². The molecule has 0 saturated carbocycles. The molecule has 2 aromatic carbocycles. The smallest absolute Gasteiger partial charge is 0.351 e. The number of aliphatic hydroxyl groups excluding tert-OH is 1. The molecule has 0 aliphatic carbocycles. The lowest BCUT2D eigenvalue weighted by Gasteiger charge is -2.44. The topological polar surface area (TPSA) is 118 Å². The Labute approximate surface area is 231 Å². The van der Waals surface area contributed by atoms with Crippen LogP contribution in [0.3, 0.4) is 0 Å². The van der Waals surface area contributed by atoms with E-state index in [1.807, 2.05) is 36.4 Å². The molecule has 0 radical (unpaired) electrons. The standard InChI is InChI=1S/C29H40N4O5Si/c1-28(2,3)39(23-13-9-7-10-14-23,24-15-11-8-12-16-24)37-20-22(19-34)38-26(29(4,5)36)33-18-17-25(31-21-30-6)32-27(33)35/h7-18,21-22,26,34,36H,19-20H2,1-6H3,(H,30,31,32,35)/t22?,26-/m0/s1. The van der Waals surface area contributed by atoms with E-state index in [0.717, 1.165) is 10.4 Å². The molecule has 0 saturated heterocycles. The fraction of sp³-hybridized carbons (Fsp3) is 0.414. The first-order chi connectivity index (χ1) is 18.4. The Bertz CT molecular complexity index is 1230. The third kappa shape index (κ3) is 7.08. The highest BCUT2D eigenvalue weighted by molar-refractivity contribution is 6.99. The van der Waals surface area contributed by atoms with Crippen LogP contribution in [0.5, 0.6) is 0 Å². The van der Waals surface area contributed by atoms with Gasteiger partial charge in [0.2, 0.25) is 0 Å². The Morgan fingerprint density at radius 1 is 1.03 bits per heavy atom. The largest absolute Gasteiger partial charge is 0.405 e. The monoisotopic (exact) mass is 552 g/mol.